The smallest absolute Gasteiger partial charge is 0.335 e. The molecule has 0 fully saturated rings. The van der Waals surface area contributed by atoms with E-state index < -0.39 is 17.9 Å². The van der Waals surface area contributed by atoms with Crippen LogP contribution in [0.4, 0.5) is 0 Å². The molecule has 0 N–H and O–H groups in total. The summed E-state index contributed by atoms with van der Waals surface area (Å²) in [7, 11) is 0. The van der Waals surface area contributed by atoms with Crippen LogP contribution in [0.2, 0.25) is 0 Å². The Labute approximate surface area is 440 Å². The quantitative estimate of drug-likeness (QED) is 0.0144. The van der Waals surface area contributed by atoms with E-state index in [1.807, 2.05) is 133 Å². The fourth-order valence-electron chi connectivity index (χ4n) is 4.85. The molecule has 4 aromatic carbocycles. The summed E-state index contributed by atoms with van der Waals surface area (Å²) in [5, 5.41) is 0. The first-order valence-electron chi connectivity index (χ1n) is 23.2. The minimum Gasteiger partial charge on any atom is -0.463 e. The van der Waals surface area contributed by atoms with Crippen LogP contribution >= 0.6 is 0 Å². The lowest BCUT2D eigenvalue weighted by atomic mass is 10.2. The zero-order valence-corrected chi connectivity index (χ0v) is 42.2. The molecule has 0 atom stereocenters. The predicted molar refractivity (Wildman–Crippen MR) is 293 cm³/mol. The number of hydrogen-bond acceptors (Lipinski definition) is 14. The molecule has 75 heavy (non-hydrogen) atoms. The van der Waals surface area contributed by atoms with Gasteiger partial charge >= 0.3 is 41.8 Å². The highest BCUT2D eigenvalue weighted by Gasteiger charge is 2.00. The molecule has 14 heteroatoms. The largest absolute Gasteiger partial charge is 0.463 e. The molecular weight excluding hydrogens is 957 g/mol. The van der Waals surface area contributed by atoms with Gasteiger partial charge in [0, 0.05) is 42.5 Å². The standard InChI is InChI=1S/C18H16O2.C12H18O4.C12H12O2.C11H10O2.C8H10O4/c19-18(14-13-17-10-5-2-6-11-17)20-15-7-12-16-8-3-1-4-9-16;1-3-11(13)15-9-7-5-6-8-10-16-12(14)4-2;1-2-10-14-12(13)9-8-11-6-4-3-5-7-11;1-2-13-11(12)9-8-10-6-4-3-5-7-10;1-3-7(9)11-5-6-12-8(10)4-2/h1-14H,15H2;3-4H,1-2,5-10H2;2-9H,1,10H2;2-9H,1H2;3-4H,1-2,5-6H2/b;;2*9-8+;. The van der Waals surface area contributed by atoms with Crippen molar-refractivity contribution in [2.75, 3.05) is 39.6 Å². The lowest BCUT2D eigenvalue weighted by Gasteiger charge is -2.03. The van der Waals surface area contributed by atoms with E-state index >= 15 is 0 Å². The SMILES string of the molecule is C=CC(=O)OCCCCCCOC(=O)C=C.C=CC(=O)OCCOC(=O)C=C.C=CCOC(=O)/C=C/c1ccccc1.C=COC(=O)/C=C/c1ccccc1.O=C(C=Cc1ccccc1)OCC=Cc1ccccc1. The molecule has 4 rings (SSSR count). The highest BCUT2D eigenvalue weighted by molar-refractivity contribution is 5.88. The van der Waals surface area contributed by atoms with Gasteiger partial charge in [0.1, 0.15) is 26.4 Å². The average molecular weight is 1020 g/mol. The van der Waals surface area contributed by atoms with Crippen molar-refractivity contribution < 1.29 is 66.7 Å². The Bertz CT molecular complexity index is 2390. The molecule has 0 saturated heterocycles. The summed E-state index contributed by atoms with van der Waals surface area (Å²) in [6, 6.07) is 38.6. The number of ether oxygens (including phenoxy) is 7. The summed E-state index contributed by atoms with van der Waals surface area (Å²) in [4.78, 5) is 75.5. The van der Waals surface area contributed by atoms with Gasteiger partial charge in [0.25, 0.3) is 0 Å². The topological polar surface area (TPSA) is 184 Å². The summed E-state index contributed by atoms with van der Waals surface area (Å²) >= 11 is 0. The first-order chi connectivity index (χ1) is 36.4. The highest BCUT2D eigenvalue weighted by atomic mass is 16.6. The molecule has 0 aliphatic carbocycles. The number of hydrogen-bond donors (Lipinski definition) is 0. The van der Waals surface area contributed by atoms with Crippen LogP contribution in [-0.2, 0) is 66.7 Å². The summed E-state index contributed by atoms with van der Waals surface area (Å²) in [6.07, 6.45) is 23.6. The van der Waals surface area contributed by atoms with E-state index in [-0.39, 0.29) is 50.3 Å². The van der Waals surface area contributed by atoms with Crippen LogP contribution in [0, 0.1) is 0 Å². The molecule has 0 bridgehead atoms. The Morgan fingerprint density at radius 3 is 0.960 bits per heavy atom. The van der Waals surface area contributed by atoms with Crippen LogP contribution in [0.3, 0.4) is 0 Å². The van der Waals surface area contributed by atoms with E-state index in [4.69, 9.17) is 18.9 Å². The van der Waals surface area contributed by atoms with E-state index in [0.29, 0.717) is 13.2 Å². The Balaban J connectivity index is 0.000000925. The second kappa shape index (κ2) is 46.9. The van der Waals surface area contributed by atoms with Crippen LogP contribution in [0.5, 0.6) is 0 Å². The van der Waals surface area contributed by atoms with Gasteiger partial charge in [-0.2, -0.15) is 0 Å². The summed E-state index contributed by atoms with van der Waals surface area (Å²) in [5.74, 6) is -2.96. The van der Waals surface area contributed by atoms with E-state index in [1.165, 1.54) is 24.3 Å². The van der Waals surface area contributed by atoms with Crippen LogP contribution < -0.4 is 0 Å². The van der Waals surface area contributed by atoms with E-state index in [1.54, 1.807) is 18.2 Å². The van der Waals surface area contributed by atoms with Crippen molar-refractivity contribution in [1.82, 2.24) is 0 Å². The maximum Gasteiger partial charge on any atom is 0.335 e. The van der Waals surface area contributed by atoms with Gasteiger partial charge in [0.05, 0.1) is 19.5 Å². The van der Waals surface area contributed by atoms with Crippen molar-refractivity contribution in [3.05, 3.63) is 244 Å². The van der Waals surface area contributed by atoms with Crippen LogP contribution in [0.25, 0.3) is 24.3 Å². The average Bonchev–Trinajstić information content (AvgIpc) is 3.45. The molecule has 4 aromatic rings. The number of carbonyl (C=O) groups excluding carboxylic acids is 7. The molecule has 0 aliphatic rings. The molecular formula is C61H66O14. The number of unbranched alkanes of at least 4 members (excludes halogenated alkanes) is 3. The molecule has 0 aliphatic heterocycles. The van der Waals surface area contributed by atoms with Crippen LogP contribution in [0.15, 0.2) is 222 Å². The third-order valence-electron chi connectivity index (χ3n) is 8.37. The van der Waals surface area contributed by atoms with E-state index in [0.717, 1.165) is 78.5 Å². The minimum atomic E-state index is -0.537. The van der Waals surface area contributed by atoms with E-state index in [9.17, 15) is 33.6 Å². The van der Waals surface area contributed by atoms with Gasteiger partial charge in [-0.1, -0.05) is 173 Å². The Morgan fingerprint density at radius 1 is 0.333 bits per heavy atom. The zero-order chi connectivity index (χ0) is 55.4. The fourth-order valence-corrected chi connectivity index (χ4v) is 4.85. The van der Waals surface area contributed by atoms with Gasteiger partial charge < -0.3 is 33.2 Å². The zero-order valence-electron chi connectivity index (χ0n) is 42.2. The van der Waals surface area contributed by atoms with Gasteiger partial charge in [-0.15, -0.1) is 0 Å². The van der Waals surface area contributed by atoms with Crippen molar-refractivity contribution in [2.45, 2.75) is 25.7 Å². The third kappa shape index (κ3) is 42.0. The van der Waals surface area contributed by atoms with Gasteiger partial charge in [0.15, 0.2) is 0 Å². The number of carbonyl (C=O) groups is 7. The Kier molecular flexibility index (Phi) is 41.0. The second-order valence-electron chi connectivity index (χ2n) is 14.1. The lowest BCUT2D eigenvalue weighted by molar-refractivity contribution is -0.146. The monoisotopic (exact) mass is 1020 g/mol. The molecule has 0 radical (unpaired) electrons. The summed E-state index contributed by atoms with van der Waals surface area (Å²) in [5.41, 5.74) is 4.00. The molecule has 0 saturated carbocycles. The number of benzene rings is 4. The van der Waals surface area contributed by atoms with Crippen molar-refractivity contribution in [3.8, 4) is 0 Å². The van der Waals surface area contributed by atoms with Crippen molar-refractivity contribution >= 4 is 66.1 Å². The second-order valence-corrected chi connectivity index (χ2v) is 14.1. The fraction of sp³-hybridized carbons (Fsp3) is 0.164. The first-order valence-corrected chi connectivity index (χ1v) is 23.2. The van der Waals surface area contributed by atoms with Crippen molar-refractivity contribution in [3.63, 3.8) is 0 Å². The summed E-state index contributed by atoms with van der Waals surface area (Å²) < 4.78 is 33.0. The van der Waals surface area contributed by atoms with Gasteiger partial charge in [-0.3, -0.25) is 0 Å². The van der Waals surface area contributed by atoms with Gasteiger partial charge in [-0.25, -0.2) is 33.6 Å². The highest BCUT2D eigenvalue weighted by Crippen LogP contribution is 2.05. The third-order valence-corrected chi connectivity index (χ3v) is 8.37. The molecule has 14 nitrogen and oxygen atoms in total. The minimum absolute atomic E-state index is 0.0322. The maximum atomic E-state index is 11.5. The molecule has 0 heterocycles. The molecule has 0 amide bonds. The normalized spacial score (nSPS) is 9.81. The Morgan fingerprint density at radius 2 is 0.640 bits per heavy atom. The van der Waals surface area contributed by atoms with Crippen LogP contribution in [-0.4, -0.2) is 81.4 Å². The molecule has 0 aromatic heterocycles. The van der Waals surface area contributed by atoms with E-state index in [2.05, 4.69) is 53.7 Å². The van der Waals surface area contributed by atoms with Crippen molar-refractivity contribution in [2.24, 2.45) is 0 Å². The Hall–Kier alpha value is -9.43. The summed E-state index contributed by atoms with van der Waals surface area (Å²) in [6.45, 7) is 21.1. The number of rotatable bonds is 26. The van der Waals surface area contributed by atoms with Gasteiger partial charge in [-0.05, 0) is 72.2 Å². The van der Waals surface area contributed by atoms with Gasteiger partial charge in [0.2, 0.25) is 0 Å². The molecule has 0 spiro atoms. The molecule has 0 unspecified atom stereocenters. The molecule has 394 valence electrons. The predicted octanol–water partition coefficient (Wildman–Crippen LogP) is 11.2. The van der Waals surface area contributed by atoms with Crippen molar-refractivity contribution in [1.29, 1.82) is 0 Å². The number of esters is 7. The lowest BCUT2D eigenvalue weighted by Crippen LogP contribution is -2.10. The first kappa shape index (κ1) is 65.6. The van der Waals surface area contributed by atoms with Crippen LogP contribution in [0.1, 0.15) is 47.9 Å². The maximum absolute atomic E-state index is 11.5.